The van der Waals surface area contributed by atoms with Crippen LogP contribution in [0.4, 0.5) is 0 Å². The molecule has 0 heterocycles. The number of ether oxygens (including phenoxy) is 3. The number of hydrogen-bond donors (Lipinski definition) is 1. The number of nitrogens with zero attached hydrogens (tertiary/aromatic N) is 1. The van der Waals surface area contributed by atoms with Crippen molar-refractivity contribution < 1.29 is 23.8 Å². The second-order valence-corrected chi connectivity index (χ2v) is 4.91. The second kappa shape index (κ2) is 9.04. The molecule has 0 atom stereocenters. The third kappa shape index (κ3) is 5.72. The van der Waals surface area contributed by atoms with Gasteiger partial charge in [0.25, 0.3) is 0 Å². The van der Waals surface area contributed by atoms with E-state index in [1.54, 1.807) is 12.1 Å². The first-order chi connectivity index (χ1) is 10.5. The molecule has 0 saturated carbocycles. The Hall–Kier alpha value is -2.09. The first kappa shape index (κ1) is 18.0. The number of amides is 1. The fourth-order valence-electron chi connectivity index (χ4n) is 1.45. The standard InChI is InChI=1S/C14H17BrN2O5/c1-4-21-12-6-10(7-16-17-9(2)18)5-11(15)14(12)22-8-13(19)20-3/h5-7H,4,8H2,1-3H3,(H,17,18)/b16-7-. The number of carbonyl (C=O) groups is 2. The summed E-state index contributed by atoms with van der Waals surface area (Å²) in [6, 6.07) is 3.41. The van der Waals surface area contributed by atoms with Crippen LogP contribution in [0.5, 0.6) is 11.5 Å². The maximum absolute atomic E-state index is 11.2. The predicted molar refractivity (Wildman–Crippen MR) is 84.2 cm³/mol. The monoisotopic (exact) mass is 372 g/mol. The summed E-state index contributed by atoms with van der Waals surface area (Å²) in [5, 5.41) is 3.78. The van der Waals surface area contributed by atoms with Crippen LogP contribution in [0.25, 0.3) is 0 Å². The number of halogens is 1. The van der Waals surface area contributed by atoms with Gasteiger partial charge >= 0.3 is 5.97 Å². The molecular weight excluding hydrogens is 356 g/mol. The number of rotatable bonds is 7. The minimum Gasteiger partial charge on any atom is -0.490 e. The van der Waals surface area contributed by atoms with Crippen molar-refractivity contribution in [1.82, 2.24) is 5.43 Å². The predicted octanol–water partition coefficient (Wildman–Crippen LogP) is 1.87. The Morgan fingerprint density at radius 1 is 1.36 bits per heavy atom. The molecule has 120 valence electrons. The average Bonchev–Trinajstić information content (AvgIpc) is 2.46. The van der Waals surface area contributed by atoms with Crippen LogP contribution < -0.4 is 14.9 Å². The number of benzene rings is 1. The van der Waals surface area contributed by atoms with Gasteiger partial charge in [-0.3, -0.25) is 4.79 Å². The third-order valence-electron chi connectivity index (χ3n) is 2.33. The maximum atomic E-state index is 11.2. The van der Waals surface area contributed by atoms with Crippen molar-refractivity contribution in [3.05, 3.63) is 22.2 Å². The van der Waals surface area contributed by atoms with Crippen LogP contribution in [-0.4, -0.2) is 38.4 Å². The van der Waals surface area contributed by atoms with E-state index in [2.05, 4.69) is 31.2 Å². The fraction of sp³-hybridized carbons (Fsp3) is 0.357. The molecule has 7 nitrogen and oxygen atoms in total. The summed E-state index contributed by atoms with van der Waals surface area (Å²) in [4.78, 5) is 22.0. The molecule has 0 aliphatic rings. The number of nitrogens with one attached hydrogen (secondary N) is 1. The quantitative estimate of drug-likeness (QED) is 0.448. The summed E-state index contributed by atoms with van der Waals surface area (Å²) in [5.74, 6) is 0.0815. The van der Waals surface area contributed by atoms with Crippen LogP contribution in [0.1, 0.15) is 19.4 Å². The number of carbonyl (C=O) groups excluding carboxylic acids is 2. The molecule has 0 spiro atoms. The van der Waals surface area contributed by atoms with E-state index in [0.717, 1.165) is 0 Å². The van der Waals surface area contributed by atoms with E-state index in [1.807, 2.05) is 6.92 Å². The Balaban J connectivity index is 2.99. The van der Waals surface area contributed by atoms with Crippen molar-refractivity contribution in [1.29, 1.82) is 0 Å². The van der Waals surface area contributed by atoms with Crippen molar-refractivity contribution in [3.63, 3.8) is 0 Å². The summed E-state index contributed by atoms with van der Waals surface area (Å²) in [6.45, 7) is 3.39. The van der Waals surface area contributed by atoms with Crippen LogP contribution in [-0.2, 0) is 14.3 Å². The van der Waals surface area contributed by atoms with Crippen molar-refractivity contribution >= 4 is 34.0 Å². The van der Waals surface area contributed by atoms with E-state index in [0.29, 0.717) is 28.1 Å². The fourth-order valence-corrected chi connectivity index (χ4v) is 2.03. The Morgan fingerprint density at radius 2 is 2.09 bits per heavy atom. The van der Waals surface area contributed by atoms with Gasteiger partial charge in [-0.1, -0.05) is 0 Å². The molecule has 0 fully saturated rings. The molecule has 8 heteroatoms. The highest BCUT2D eigenvalue weighted by molar-refractivity contribution is 9.10. The van der Waals surface area contributed by atoms with Gasteiger partial charge in [0.1, 0.15) is 0 Å². The highest BCUT2D eigenvalue weighted by atomic mass is 79.9. The number of esters is 1. The van der Waals surface area contributed by atoms with E-state index >= 15 is 0 Å². The highest BCUT2D eigenvalue weighted by Crippen LogP contribution is 2.36. The Labute approximate surface area is 136 Å². The molecule has 22 heavy (non-hydrogen) atoms. The maximum Gasteiger partial charge on any atom is 0.343 e. The molecule has 0 unspecified atom stereocenters. The van der Waals surface area contributed by atoms with Crippen LogP contribution in [0.15, 0.2) is 21.7 Å². The molecule has 1 N–H and O–H groups in total. The van der Waals surface area contributed by atoms with Crippen LogP contribution >= 0.6 is 15.9 Å². The topological polar surface area (TPSA) is 86.2 Å². The lowest BCUT2D eigenvalue weighted by Crippen LogP contribution is -2.14. The van der Waals surface area contributed by atoms with Gasteiger partial charge in [0.05, 0.1) is 24.4 Å². The van der Waals surface area contributed by atoms with Crippen molar-refractivity contribution in [3.8, 4) is 11.5 Å². The summed E-state index contributed by atoms with van der Waals surface area (Å²) in [6.07, 6.45) is 1.47. The van der Waals surface area contributed by atoms with E-state index < -0.39 is 5.97 Å². The first-order valence-electron chi connectivity index (χ1n) is 6.43. The second-order valence-electron chi connectivity index (χ2n) is 4.05. The molecule has 1 aromatic rings. The van der Waals surface area contributed by atoms with Gasteiger partial charge in [0.15, 0.2) is 18.1 Å². The molecule has 0 aromatic heterocycles. The van der Waals surface area contributed by atoms with Crippen LogP contribution in [0.3, 0.4) is 0 Å². The zero-order chi connectivity index (χ0) is 16.5. The van der Waals surface area contributed by atoms with Gasteiger partial charge in [-0.2, -0.15) is 5.10 Å². The van der Waals surface area contributed by atoms with E-state index in [9.17, 15) is 9.59 Å². The van der Waals surface area contributed by atoms with Crippen molar-refractivity contribution in [2.45, 2.75) is 13.8 Å². The zero-order valence-electron chi connectivity index (χ0n) is 12.5. The molecule has 1 aromatic carbocycles. The summed E-state index contributed by atoms with van der Waals surface area (Å²) < 4.78 is 16.0. The molecular formula is C14H17BrN2O5. The van der Waals surface area contributed by atoms with E-state index in [-0.39, 0.29) is 12.5 Å². The van der Waals surface area contributed by atoms with Gasteiger partial charge < -0.3 is 14.2 Å². The van der Waals surface area contributed by atoms with E-state index in [1.165, 1.54) is 20.2 Å². The van der Waals surface area contributed by atoms with Gasteiger partial charge in [0, 0.05) is 6.92 Å². The summed E-state index contributed by atoms with van der Waals surface area (Å²) in [5.41, 5.74) is 3.00. The molecule has 1 amide bonds. The van der Waals surface area contributed by atoms with Crippen molar-refractivity contribution in [2.75, 3.05) is 20.3 Å². The average molecular weight is 373 g/mol. The number of hydrazone groups is 1. The zero-order valence-corrected chi connectivity index (χ0v) is 14.1. The largest absolute Gasteiger partial charge is 0.490 e. The lowest BCUT2D eigenvalue weighted by atomic mass is 10.2. The summed E-state index contributed by atoms with van der Waals surface area (Å²) in [7, 11) is 1.28. The molecule has 0 radical (unpaired) electrons. The minimum absolute atomic E-state index is 0.228. The Kier molecular flexibility index (Phi) is 7.38. The lowest BCUT2D eigenvalue weighted by Gasteiger charge is -2.13. The normalized spacial score (nSPS) is 10.4. The minimum atomic E-state index is -0.495. The van der Waals surface area contributed by atoms with E-state index in [4.69, 9.17) is 9.47 Å². The number of hydrogen-bond acceptors (Lipinski definition) is 6. The lowest BCUT2D eigenvalue weighted by molar-refractivity contribution is -0.143. The van der Waals surface area contributed by atoms with Gasteiger partial charge in [-0.15, -0.1) is 0 Å². The molecule has 0 aliphatic carbocycles. The summed E-state index contributed by atoms with van der Waals surface area (Å²) >= 11 is 3.35. The highest BCUT2D eigenvalue weighted by Gasteiger charge is 2.13. The smallest absolute Gasteiger partial charge is 0.343 e. The third-order valence-corrected chi connectivity index (χ3v) is 2.92. The number of methoxy groups -OCH3 is 1. The molecule has 0 aliphatic heterocycles. The van der Waals surface area contributed by atoms with Crippen molar-refractivity contribution in [2.24, 2.45) is 5.10 Å². The molecule has 0 bridgehead atoms. The van der Waals surface area contributed by atoms with Gasteiger partial charge in [-0.25, -0.2) is 10.2 Å². The Bertz CT molecular complexity index is 575. The van der Waals surface area contributed by atoms with Gasteiger partial charge in [0.2, 0.25) is 5.91 Å². The SMILES string of the molecule is CCOc1cc(/C=N\NC(C)=O)cc(Br)c1OCC(=O)OC. The molecule has 1 rings (SSSR count). The van der Waals surface area contributed by atoms with Gasteiger partial charge in [-0.05, 0) is 40.5 Å². The van der Waals surface area contributed by atoms with Crippen LogP contribution in [0, 0.1) is 0 Å². The molecule has 0 saturated heterocycles. The first-order valence-corrected chi connectivity index (χ1v) is 7.22. The Morgan fingerprint density at radius 3 is 2.68 bits per heavy atom. The van der Waals surface area contributed by atoms with Crippen LogP contribution in [0.2, 0.25) is 0 Å².